The molecule has 0 spiro atoms. The maximum atomic E-state index is 5.58. The molecule has 0 radical (unpaired) electrons. The molecular weight excluding hydrogens is 190 g/mol. The van der Waals surface area contributed by atoms with E-state index in [1.807, 2.05) is 0 Å². The van der Waals surface area contributed by atoms with E-state index in [0.29, 0.717) is 12.1 Å². The van der Waals surface area contributed by atoms with Gasteiger partial charge in [-0.05, 0) is 38.6 Å². The van der Waals surface area contributed by atoms with Gasteiger partial charge in [-0.15, -0.1) is 0 Å². The molecule has 0 saturated carbocycles. The summed E-state index contributed by atoms with van der Waals surface area (Å²) in [4.78, 5) is 0. The zero-order valence-electron chi connectivity index (χ0n) is 10.1. The first kappa shape index (κ1) is 12.9. The summed E-state index contributed by atoms with van der Waals surface area (Å²) >= 11 is 0. The highest BCUT2D eigenvalue weighted by molar-refractivity contribution is 4.67. The lowest BCUT2D eigenvalue weighted by Crippen LogP contribution is -2.33. The van der Waals surface area contributed by atoms with Gasteiger partial charge < -0.3 is 14.8 Å². The minimum absolute atomic E-state index is 0.513. The number of ether oxygens (including phenoxy) is 2. The molecular formula is C12H25NO2. The van der Waals surface area contributed by atoms with Gasteiger partial charge in [-0.3, -0.25) is 0 Å². The van der Waals surface area contributed by atoms with Gasteiger partial charge in [0.2, 0.25) is 0 Å². The SMILES string of the molecule is CCC(COC)NCCCC1CCCO1. The van der Waals surface area contributed by atoms with Crippen LogP contribution in [0.2, 0.25) is 0 Å². The van der Waals surface area contributed by atoms with E-state index in [4.69, 9.17) is 9.47 Å². The predicted molar refractivity (Wildman–Crippen MR) is 62.2 cm³/mol. The summed E-state index contributed by atoms with van der Waals surface area (Å²) in [6, 6.07) is 0.513. The van der Waals surface area contributed by atoms with Crippen LogP contribution in [-0.4, -0.2) is 39.0 Å². The molecule has 1 N–H and O–H groups in total. The summed E-state index contributed by atoms with van der Waals surface area (Å²) in [5.41, 5.74) is 0. The van der Waals surface area contributed by atoms with Crippen LogP contribution in [0.15, 0.2) is 0 Å². The van der Waals surface area contributed by atoms with Crippen LogP contribution in [-0.2, 0) is 9.47 Å². The Labute approximate surface area is 93.5 Å². The van der Waals surface area contributed by atoms with E-state index < -0.39 is 0 Å². The third-order valence-electron chi connectivity index (χ3n) is 3.02. The van der Waals surface area contributed by atoms with Crippen molar-refractivity contribution in [1.29, 1.82) is 0 Å². The van der Waals surface area contributed by atoms with Crippen LogP contribution in [0.5, 0.6) is 0 Å². The number of hydrogen-bond donors (Lipinski definition) is 1. The molecule has 1 rings (SSSR count). The van der Waals surface area contributed by atoms with Gasteiger partial charge in [-0.25, -0.2) is 0 Å². The van der Waals surface area contributed by atoms with E-state index in [1.165, 1.54) is 25.7 Å². The Morgan fingerprint density at radius 1 is 1.53 bits per heavy atom. The van der Waals surface area contributed by atoms with Gasteiger partial charge in [0, 0.05) is 19.8 Å². The predicted octanol–water partition coefficient (Wildman–Crippen LogP) is 1.96. The van der Waals surface area contributed by atoms with Crippen LogP contribution in [0.1, 0.15) is 39.0 Å². The van der Waals surface area contributed by atoms with Gasteiger partial charge in [0.25, 0.3) is 0 Å². The topological polar surface area (TPSA) is 30.5 Å². The van der Waals surface area contributed by atoms with Gasteiger partial charge in [0.15, 0.2) is 0 Å². The minimum atomic E-state index is 0.513. The van der Waals surface area contributed by atoms with E-state index in [1.54, 1.807) is 7.11 Å². The van der Waals surface area contributed by atoms with E-state index in [-0.39, 0.29) is 0 Å². The smallest absolute Gasteiger partial charge is 0.0615 e. The molecule has 3 heteroatoms. The van der Waals surface area contributed by atoms with E-state index in [9.17, 15) is 0 Å². The highest BCUT2D eigenvalue weighted by Gasteiger charge is 2.14. The van der Waals surface area contributed by atoms with Gasteiger partial charge in [-0.2, -0.15) is 0 Å². The van der Waals surface area contributed by atoms with Crippen molar-refractivity contribution >= 4 is 0 Å². The average Bonchev–Trinajstić information content (AvgIpc) is 2.75. The molecule has 2 unspecified atom stereocenters. The van der Waals surface area contributed by atoms with Crippen LogP contribution in [0.4, 0.5) is 0 Å². The normalized spacial score (nSPS) is 23.2. The second-order valence-corrected chi connectivity index (χ2v) is 4.29. The maximum absolute atomic E-state index is 5.58. The monoisotopic (exact) mass is 215 g/mol. The van der Waals surface area contributed by atoms with Crippen molar-refractivity contribution in [3.05, 3.63) is 0 Å². The van der Waals surface area contributed by atoms with Crippen LogP contribution < -0.4 is 5.32 Å². The van der Waals surface area contributed by atoms with Crippen molar-refractivity contribution in [2.75, 3.05) is 26.9 Å². The molecule has 15 heavy (non-hydrogen) atoms. The van der Waals surface area contributed by atoms with Gasteiger partial charge in [0.1, 0.15) is 0 Å². The van der Waals surface area contributed by atoms with E-state index in [2.05, 4.69) is 12.2 Å². The second-order valence-electron chi connectivity index (χ2n) is 4.29. The van der Waals surface area contributed by atoms with Gasteiger partial charge in [0.05, 0.1) is 12.7 Å². The fourth-order valence-electron chi connectivity index (χ4n) is 2.03. The molecule has 1 aliphatic heterocycles. The number of hydrogen-bond acceptors (Lipinski definition) is 3. The van der Waals surface area contributed by atoms with E-state index >= 15 is 0 Å². The second kappa shape index (κ2) is 8.08. The summed E-state index contributed by atoms with van der Waals surface area (Å²) in [6.07, 6.45) is 6.60. The van der Waals surface area contributed by atoms with Crippen molar-refractivity contribution in [3.8, 4) is 0 Å². The fraction of sp³-hybridized carbons (Fsp3) is 1.00. The molecule has 1 fully saturated rings. The zero-order chi connectivity index (χ0) is 10.9. The Bertz CT molecular complexity index is 147. The Kier molecular flexibility index (Phi) is 6.98. The first-order chi connectivity index (χ1) is 7.36. The van der Waals surface area contributed by atoms with Crippen LogP contribution in [0.25, 0.3) is 0 Å². The number of rotatable bonds is 8. The first-order valence-electron chi connectivity index (χ1n) is 6.20. The summed E-state index contributed by atoms with van der Waals surface area (Å²) in [5.74, 6) is 0. The highest BCUT2D eigenvalue weighted by Crippen LogP contribution is 2.16. The Morgan fingerprint density at radius 2 is 2.40 bits per heavy atom. The molecule has 0 amide bonds. The van der Waals surface area contributed by atoms with Gasteiger partial charge >= 0.3 is 0 Å². The third-order valence-corrected chi connectivity index (χ3v) is 3.02. The molecule has 0 aromatic heterocycles. The molecule has 0 aromatic rings. The van der Waals surface area contributed by atoms with Gasteiger partial charge in [-0.1, -0.05) is 6.92 Å². The molecule has 0 aliphatic carbocycles. The summed E-state index contributed by atoms with van der Waals surface area (Å²) in [5, 5.41) is 3.51. The van der Waals surface area contributed by atoms with Crippen molar-refractivity contribution in [3.63, 3.8) is 0 Å². The molecule has 0 bridgehead atoms. The summed E-state index contributed by atoms with van der Waals surface area (Å²) < 4.78 is 10.7. The van der Waals surface area contributed by atoms with Crippen LogP contribution in [0, 0.1) is 0 Å². The minimum Gasteiger partial charge on any atom is -0.383 e. The Balaban J connectivity index is 1.94. The quantitative estimate of drug-likeness (QED) is 0.628. The largest absolute Gasteiger partial charge is 0.383 e. The van der Waals surface area contributed by atoms with Crippen molar-refractivity contribution in [2.24, 2.45) is 0 Å². The first-order valence-corrected chi connectivity index (χ1v) is 6.20. The molecule has 1 aliphatic rings. The van der Waals surface area contributed by atoms with Crippen molar-refractivity contribution in [2.45, 2.75) is 51.2 Å². The molecule has 90 valence electrons. The van der Waals surface area contributed by atoms with Crippen LogP contribution >= 0.6 is 0 Å². The lowest BCUT2D eigenvalue weighted by atomic mass is 10.1. The van der Waals surface area contributed by atoms with E-state index in [0.717, 1.165) is 26.2 Å². The molecule has 3 nitrogen and oxygen atoms in total. The number of methoxy groups -OCH3 is 1. The Hall–Kier alpha value is -0.120. The molecule has 1 saturated heterocycles. The van der Waals surface area contributed by atoms with Crippen LogP contribution in [0.3, 0.4) is 0 Å². The average molecular weight is 215 g/mol. The summed E-state index contributed by atoms with van der Waals surface area (Å²) in [6.45, 7) is 5.06. The molecule has 1 heterocycles. The molecule has 0 aromatic carbocycles. The fourth-order valence-corrected chi connectivity index (χ4v) is 2.03. The number of nitrogens with one attached hydrogen (secondary N) is 1. The standard InChI is InChI=1S/C12H25NO2/c1-3-11(10-14-2)13-8-4-6-12-7-5-9-15-12/h11-13H,3-10H2,1-2H3. The highest BCUT2D eigenvalue weighted by atomic mass is 16.5. The lowest BCUT2D eigenvalue weighted by molar-refractivity contribution is 0.101. The maximum Gasteiger partial charge on any atom is 0.0615 e. The van der Waals surface area contributed by atoms with Crippen molar-refractivity contribution in [1.82, 2.24) is 5.32 Å². The zero-order valence-corrected chi connectivity index (χ0v) is 10.1. The molecule has 2 atom stereocenters. The third kappa shape index (κ3) is 5.50. The Morgan fingerprint density at radius 3 is 3.00 bits per heavy atom. The summed E-state index contributed by atoms with van der Waals surface area (Å²) in [7, 11) is 1.76. The van der Waals surface area contributed by atoms with Crippen molar-refractivity contribution < 1.29 is 9.47 Å². The lowest BCUT2D eigenvalue weighted by Gasteiger charge is -2.16.